The lowest BCUT2D eigenvalue weighted by atomic mass is 9.86. The Kier molecular flexibility index (Phi) is 6.23. The normalized spacial score (nSPS) is 13.1. The van der Waals surface area contributed by atoms with Crippen molar-refractivity contribution in [2.45, 2.75) is 18.5 Å². The first-order chi connectivity index (χ1) is 17.0. The van der Waals surface area contributed by atoms with Gasteiger partial charge in [-0.15, -0.1) is 0 Å². The van der Waals surface area contributed by atoms with Gasteiger partial charge in [-0.05, 0) is 34.4 Å². The zero-order valence-corrected chi connectivity index (χ0v) is 18.6. The van der Waals surface area contributed by atoms with E-state index >= 15 is 4.39 Å². The Morgan fingerprint density at radius 3 is 1.77 bits per heavy atom. The van der Waals surface area contributed by atoms with Gasteiger partial charge in [0.05, 0.1) is 16.9 Å². The van der Waals surface area contributed by atoms with Crippen LogP contribution in [0.2, 0.25) is 0 Å². The van der Waals surface area contributed by atoms with E-state index in [2.05, 4.69) is 0 Å². The molecule has 0 aliphatic rings. The first-order valence-electron chi connectivity index (χ1n) is 11.2. The number of alkyl halides is 3. The second-order valence-electron chi connectivity index (χ2n) is 8.28. The highest BCUT2D eigenvalue weighted by molar-refractivity contribution is 5.83. The maximum absolute atomic E-state index is 15.3. The molecule has 35 heavy (non-hydrogen) atoms. The highest BCUT2D eigenvalue weighted by Gasteiger charge is 2.37. The minimum Gasteiger partial charge on any atom is -0.459 e. The van der Waals surface area contributed by atoms with Gasteiger partial charge >= 0.3 is 0 Å². The van der Waals surface area contributed by atoms with Gasteiger partial charge in [-0.2, -0.15) is 0 Å². The molecule has 2 unspecified atom stereocenters. The largest absolute Gasteiger partial charge is 0.459 e. The van der Waals surface area contributed by atoms with E-state index in [1.165, 1.54) is 0 Å². The number of hydrogen-bond donors (Lipinski definition) is 0. The van der Waals surface area contributed by atoms with E-state index in [4.69, 9.17) is 4.42 Å². The van der Waals surface area contributed by atoms with Crippen LogP contribution in [0, 0.1) is 0 Å². The van der Waals surface area contributed by atoms with Crippen LogP contribution in [0.4, 0.5) is 13.2 Å². The number of para-hydroxylation sites is 1. The Labute approximate surface area is 200 Å². The van der Waals surface area contributed by atoms with Crippen molar-refractivity contribution in [3.05, 3.63) is 131 Å². The molecule has 2 nitrogen and oxygen atoms in total. The Morgan fingerprint density at radius 1 is 0.600 bits per heavy atom. The molecular formula is C30H21F3O2. The fourth-order valence-electron chi connectivity index (χ4n) is 4.40. The van der Waals surface area contributed by atoms with Crippen molar-refractivity contribution in [1.29, 1.82) is 0 Å². The topological polar surface area (TPSA) is 30.2 Å². The third-order valence-electron chi connectivity index (χ3n) is 6.11. The zero-order chi connectivity index (χ0) is 24.4. The fraction of sp³-hybridized carbons (Fsp3) is 0.100. The van der Waals surface area contributed by atoms with Gasteiger partial charge in [-0.1, -0.05) is 97.1 Å². The molecule has 0 bridgehead atoms. The third kappa shape index (κ3) is 4.37. The molecule has 0 saturated carbocycles. The zero-order valence-electron chi connectivity index (χ0n) is 18.6. The monoisotopic (exact) mass is 470 g/mol. The van der Waals surface area contributed by atoms with Crippen LogP contribution in [-0.4, -0.2) is 12.6 Å². The predicted octanol–water partition coefficient (Wildman–Crippen LogP) is 7.86. The minimum atomic E-state index is -3.27. The lowest BCUT2D eigenvalue weighted by molar-refractivity contribution is 0.0379. The molecule has 0 radical (unpaired) electrons. The maximum Gasteiger partial charge on any atom is 0.270 e. The Balaban J connectivity index is 1.74. The van der Waals surface area contributed by atoms with E-state index in [-0.39, 0.29) is 22.3 Å². The molecule has 1 heterocycles. The molecule has 4 aromatic carbocycles. The number of rotatable bonds is 6. The second kappa shape index (κ2) is 9.63. The van der Waals surface area contributed by atoms with Crippen molar-refractivity contribution < 1.29 is 17.6 Å². The summed E-state index contributed by atoms with van der Waals surface area (Å²) in [7, 11) is 0. The van der Waals surface area contributed by atoms with Gasteiger partial charge in [0.2, 0.25) is 5.43 Å². The van der Waals surface area contributed by atoms with Crippen molar-refractivity contribution in [3.8, 4) is 22.3 Å². The lowest BCUT2D eigenvalue weighted by Gasteiger charge is -2.23. The molecule has 0 aliphatic carbocycles. The summed E-state index contributed by atoms with van der Waals surface area (Å²) in [5.74, 6) is -1.59. The van der Waals surface area contributed by atoms with E-state index in [9.17, 15) is 13.6 Å². The minimum absolute atomic E-state index is 0.0877. The van der Waals surface area contributed by atoms with E-state index < -0.39 is 18.5 Å². The molecular weight excluding hydrogens is 449 g/mol. The molecule has 0 N–H and O–H groups in total. The van der Waals surface area contributed by atoms with Crippen LogP contribution in [0.3, 0.4) is 0 Å². The molecule has 0 aliphatic heterocycles. The number of benzene rings is 4. The summed E-state index contributed by atoms with van der Waals surface area (Å²) < 4.78 is 49.1. The van der Waals surface area contributed by atoms with Crippen molar-refractivity contribution >= 4 is 11.0 Å². The van der Waals surface area contributed by atoms with Gasteiger partial charge in [0.25, 0.3) is 6.43 Å². The van der Waals surface area contributed by atoms with Gasteiger partial charge in [-0.25, -0.2) is 13.2 Å². The first-order valence-corrected chi connectivity index (χ1v) is 11.2. The lowest BCUT2D eigenvalue weighted by Crippen LogP contribution is -2.25. The van der Waals surface area contributed by atoms with E-state index in [0.29, 0.717) is 16.5 Å². The fourth-order valence-corrected chi connectivity index (χ4v) is 4.40. The van der Waals surface area contributed by atoms with Crippen molar-refractivity contribution in [2.75, 3.05) is 0 Å². The van der Waals surface area contributed by atoms with Crippen LogP contribution >= 0.6 is 0 Å². The average molecular weight is 470 g/mol. The van der Waals surface area contributed by atoms with E-state index in [0.717, 1.165) is 11.1 Å². The summed E-state index contributed by atoms with van der Waals surface area (Å²) in [6, 6.07) is 31.5. The Bertz CT molecular complexity index is 1490. The van der Waals surface area contributed by atoms with Crippen molar-refractivity contribution in [1.82, 2.24) is 0 Å². The van der Waals surface area contributed by atoms with Gasteiger partial charge in [0, 0.05) is 0 Å². The van der Waals surface area contributed by atoms with E-state index in [1.807, 2.05) is 30.3 Å². The number of fused-ring (bicyclic) bond motifs is 1. The molecule has 174 valence electrons. The molecule has 5 rings (SSSR count). The molecule has 5 aromatic rings. The standard InChI is InChI=1S/C30H21F3O2/c31-27(30(32)33)25(22-17-15-20(16-18-22)19-9-3-1-4-10-19)29-26(21-11-5-2-6-12-21)28(34)23-13-7-8-14-24(23)35-29/h1-18,25,27,30H. The number of halogens is 3. The molecule has 0 saturated heterocycles. The van der Waals surface area contributed by atoms with Crippen molar-refractivity contribution in [3.63, 3.8) is 0 Å². The molecule has 5 heteroatoms. The highest BCUT2D eigenvalue weighted by Crippen LogP contribution is 2.39. The predicted molar refractivity (Wildman–Crippen MR) is 133 cm³/mol. The third-order valence-corrected chi connectivity index (χ3v) is 6.11. The highest BCUT2D eigenvalue weighted by atomic mass is 19.3. The Hall–Kier alpha value is -4.12. The summed E-state index contributed by atoms with van der Waals surface area (Å²) in [5, 5.41) is 0.306. The van der Waals surface area contributed by atoms with Crippen molar-refractivity contribution in [2.24, 2.45) is 0 Å². The molecule has 1 aromatic heterocycles. The SMILES string of the molecule is O=c1c(-c2ccccc2)c(C(c2ccc(-c3ccccc3)cc2)C(F)C(F)F)oc2ccccc12. The average Bonchev–Trinajstić information content (AvgIpc) is 2.90. The first kappa shape index (κ1) is 22.7. The summed E-state index contributed by atoms with van der Waals surface area (Å²) in [4.78, 5) is 13.5. The summed E-state index contributed by atoms with van der Waals surface area (Å²) >= 11 is 0. The van der Waals surface area contributed by atoms with Crippen LogP contribution in [0.25, 0.3) is 33.2 Å². The number of hydrogen-bond acceptors (Lipinski definition) is 2. The van der Waals surface area contributed by atoms with Gasteiger partial charge in [0.1, 0.15) is 11.3 Å². The van der Waals surface area contributed by atoms with Gasteiger partial charge in [-0.3, -0.25) is 4.79 Å². The molecule has 0 fully saturated rings. The molecule has 0 amide bonds. The quantitative estimate of drug-likeness (QED) is 0.253. The molecule has 0 spiro atoms. The van der Waals surface area contributed by atoms with E-state index in [1.54, 1.807) is 78.9 Å². The summed E-state index contributed by atoms with van der Waals surface area (Å²) in [5.41, 5.74) is 2.51. The van der Waals surface area contributed by atoms with Crippen LogP contribution in [0.5, 0.6) is 0 Å². The van der Waals surface area contributed by atoms with Crippen LogP contribution in [-0.2, 0) is 0 Å². The summed E-state index contributed by atoms with van der Waals surface area (Å²) in [6.45, 7) is 0. The smallest absolute Gasteiger partial charge is 0.270 e. The summed E-state index contributed by atoms with van der Waals surface area (Å²) in [6.07, 6.45) is -5.85. The van der Waals surface area contributed by atoms with Gasteiger partial charge < -0.3 is 4.42 Å². The maximum atomic E-state index is 15.3. The van der Waals surface area contributed by atoms with Gasteiger partial charge in [0.15, 0.2) is 6.17 Å². The Morgan fingerprint density at radius 2 is 1.14 bits per heavy atom. The van der Waals surface area contributed by atoms with Crippen LogP contribution < -0.4 is 5.43 Å². The second-order valence-corrected chi connectivity index (χ2v) is 8.28. The van der Waals surface area contributed by atoms with Crippen LogP contribution in [0.1, 0.15) is 17.2 Å². The molecule has 2 atom stereocenters. The van der Waals surface area contributed by atoms with Crippen LogP contribution in [0.15, 0.2) is 118 Å².